The highest BCUT2D eigenvalue weighted by atomic mass is 19.4. The molecule has 0 spiro atoms. The largest absolute Gasteiger partial charge is 0.416 e. The zero-order chi connectivity index (χ0) is 21.3. The number of halogens is 3. The predicted molar refractivity (Wildman–Crippen MR) is 105 cm³/mol. The first-order chi connectivity index (χ1) is 14.3. The number of aromatic nitrogens is 4. The van der Waals surface area contributed by atoms with Crippen molar-refractivity contribution in [3.8, 4) is 11.4 Å². The Morgan fingerprint density at radius 1 is 1.27 bits per heavy atom. The summed E-state index contributed by atoms with van der Waals surface area (Å²) in [6, 6.07) is 7.58. The number of ketones is 1. The average molecular weight is 412 g/mol. The normalized spacial score (nSPS) is 16.2. The summed E-state index contributed by atoms with van der Waals surface area (Å²) in [7, 11) is 0. The van der Waals surface area contributed by atoms with Crippen molar-refractivity contribution in [1.82, 2.24) is 19.7 Å². The lowest BCUT2D eigenvalue weighted by molar-refractivity contribution is -0.137. The molecular weight excluding hydrogens is 393 g/mol. The molecule has 1 aromatic carbocycles. The van der Waals surface area contributed by atoms with E-state index >= 15 is 0 Å². The third-order valence-corrected chi connectivity index (χ3v) is 5.13. The molecule has 1 aliphatic rings. The lowest BCUT2D eigenvalue weighted by Crippen LogP contribution is -2.05. The molecule has 0 saturated carbocycles. The average Bonchev–Trinajstić information content (AvgIpc) is 3.33. The standard InChI is InChI=1S/C22H19F3N4O/c1-14-9-16(11-17(10-14)22(23,24)25)21-27-13-29(28-21)8-6-18(30)12-15-4-5-20-19(15)3-2-7-26-20/h2-3,6-11,13,15H,4-5,12H2,1H3/b8-6-. The van der Waals surface area contributed by atoms with E-state index in [1.807, 2.05) is 12.1 Å². The molecule has 2 heterocycles. The summed E-state index contributed by atoms with van der Waals surface area (Å²) in [6.45, 7) is 1.59. The maximum atomic E-state index is 13.0. The van der Waals surface area contributed by atoms with Gasteiger partial charge in [0.25, 0.3) is 0 Å². The zero-order valence-corrected chi connectivity index (χ0v) is 16.2. The van der Waals surface area contributed by atoms with Gasteiger partial charge in [-0.2, -0.15) is 13.2 Å². The first-order valence-electron chi connectivity index (χ1n) is 9.55. The number of hydrogen-bond acceptors (Lipinski definition) is 4. The summed E-state index contributed by atoms with van der Waals surface area (Å²) >= 11 is 0. The molecule has 1 aliphatic carbocycles. The van der Waals surface area contributed by atoms with Gasteiger partial charge in [0.15, 0.2) is 11.6 Å². The van der Waals surface area contributed by atoms with Crippen molar-refractivity contribution in [3.63, 3.8) is 0 Å². The molecule has 2 aromatic heterocycles. The second kappa shape index (κ2) is 7.85. The van der Waals surface area contributed by atoms with Crippen LogP contribution in [0.2, 0.25) is 0 Å². The van der Waals surface area contributed by atoms with Gasteiger partial charge in [-0.15, -0.1) is 5.10 Å². The van der Waals surface area contributed by atoms with Crippen molar-refractivity contribution < 1.29 is 18.0 Å². The van der Waals surface area contributed by atoms with E-state index in [0.717, 1.165) is 36.2 Å². The molecule has 0 aliphatic heterocycles. The number of alkyl halides is 3. The van der Waals surface area contributed by atoms with Gasteiger partial charge in [-0.25, -0.2) is 9.67 Å². The van der Waals surface area contributed by atoms with Crippen molar-refractivity contribution >= 4 is 12.0 Å². The van der Waals surface area contributed by atoms with Crippen molar-refractivity contribution in [3.05, 3.63) is 71.3 Å². The SMILES string of the molecule is Cc1cc(-c2ncn(/C=C\C(=O)CC3CCc4ncccc43)n2)cc(C(F)(F)F)c1. The highest BCUT2D eigenvalue weighted by molar-refractivity contribution is 5.92. The topological polar surface area (TPSA) is 60.7 Å². The van der Waals surface area contributed by atoms with E-state index in [9.17, 15) is 18.0 Å². The molecule has 5 nitrogen and oxygen atoms in total. The van der Waals surface area contributed by atoms with Gasteiger partial charge in [0, 0.05) is 30.1 Å². The number of nitrogens with zero attached hydrogens (tertiary/aromatic N) is 4. The Bertz CT molecular complexity index is 1120. The van der Waals surface area contributed by atoms with Gasteiger partial charge in [-0.3, -0.25) is 9.78 Å². The number of aryl methyl sites for hydroxylation is 2. The van der Waals surface area contributed by atoms with Crippen molar-refractivity contribution in [1.29, 1.82) is 0 Å². The molecule has 8 heteroatoms. The third kappa shape index (κ3) is 4.32. The number of benzene rings is 1. The number of carbonyl (C=O) groups is 1. The number of fused-ring (bicyclic) bond motifs is 1. The smallest absolute Gasteiger partial charge is 0.295 e. The Labute approximate surface area is 171 Å². The van der Waals surface area contributed by atoms with Crippen LogP contribution in [0.1, 0.15) is 41.1 Å². The van der Waals surface area contributed by atoms with Crippen LogP contribution in [0.15, 0.2) is 48.9 Å². The molecule has 0 fully saturated rings. The van der Waals surface area contributed by atoms with Crippen LogP contribution in [0.3, 0.4) is 0 Å². The highest BCUT2D eigenvalue weighted by Gasteiger charge is 2.31. The van der Waals surface area contributed by atoms with Crippen LogP contribution in [-0.2, 0) is 17.4 Å². The number of carbonyl (C=O) groups excluding carboxylic acids is 1. The Balaban J connectivity index is 1.46. The van der Waals surface area contributed by atoms with Crippen LogP contribution in [0.5, 0.6) is 0 Å². The van der Waals surface area contributed by atoms with Gasteiger partial charge in [0.05, 0.1) is 5.56 Å². The Hall–Kier alpha value is -3.29. The van der Waals surface area contributed by atoms with Gasteiger partial charge < -0.3 is 0 Å². The number of rotatable bonds is 5. The van der Waals surface area contributed by atoms with E-state index in [2.05, 4.69) is 15.1 Å². The second-order valence-corrected chi connectivity index (χ2v) is 7.39. The Kier molecular flexibility index (Phi) is 5.24. The Morgan fingerprint density at radius 2 is 2.10 bits per heavy atom. The van der Waals surface area contributed by atoms with Gasteiger partial charge in [-0.1, -0.05) is 6.07 Å². The lowest BCUT2D eigenvalue weighted by atomic mass is 9.96. The summed E-state index contributed by atoms with van der Waals surface area (Å²) in [4.78, 5) is 20.8. The third-order valence-electron chi connectivity index (χ3n) is 5.13. The quantitative estimate of drug-likeness (QED) is 0.564. The molecule has 30 heavy (non-hydrogen) atoms. The molecule has 3 aromatic rings. The molecule has 0 saturated heterocycles. The fraction of sp³-hybridized carbons (Fsp3) is 0.273. The summed E-state index contributed by atoms with van der Waals surface area (Å²) in [5.74, 6) is 0.269. The number of pyridine rings is 1. The van der Waals surface area contributed by atoms with E-state index in [0.29, 0.717) is 12.0 Å². The first-order valence-corrected chi connectivity index (χ1v) is 9.55. The van der Waals surface area contributed by atoms with Gasteiger partial charge >= 0.3 is 6.18 Å². The van der Waals surface area contributed by atoms with E-state index < -0.39 is 11.7 Å². The van der Waals surface area contributed by atoms with E-state index in [-0.39, 0.29) is 23.1 Å². The van der Waals surface area contributed by atoms with Gasteiger partial charge in [0.2, 0.25) is 0 Å². The number of hydrogen-bond donors (Lipinski definition) is 0. The van der Waals surface area contributed by atoms with Crippen molar-refractivity contribution in [2.75, 3.05) is 0 Å². The van der Waals surface area contributed by atoms with Crippen LogP contribution in [0.25, 0.3) is 17.6 Å². The monoisotopic (exact) mass is 412 g/mol. The highest BCUT2D eigenvalue weighted by Crippen LogP contribution is 2.34. The fourth-order valence-corrected chi connectivity index (χ4v) is 3.73. The first kappa shape index (κ1) is 20.0. The van der Waals surface area contributed by atoms with Crippen molar-refractivity contribution in [2.45, 2.75) is 38.3 Å². The van der Waals surface area contributed by atoms with Crippen LogP contribution in [0.4, 0.5) is 13.2 Å². The number of allylic oxidation sites excluding steroid dienone is 1. The van der Waals surface area contributed by atoms with E-state index in [1.165, 1.54) is 23.3 Å². The molecule has 1 unspecified atom stereocenters. The maximum absolute atomic E-state index is 13.0. The van der Waals surface area contributed by atoms with E-state index in [4.69, 9.17) is 0 Å². The molecule has 0 N–H and O–H groups in total. The molecule has 0 radical (unpaired) electrons. The predicted octanol–water partition coefficient (Wildman–Crippen LogP) is 4.83. The van der Waals surface area contributed by atoms with Gasteiger partial charge in [0.1, 0.15) is 6.33 Å². The summed E-state index contributed by atoms with van der Waals surface area (Å²) < 4.78 is 40.4. The molecule has 0 amide bonds. The Morgan fingerprint density at radius 3 is 2.90 bits per heavy atom. The minimum absolute atomic E-state index is 0.0522. The second-order valence-electron chi connectivity index (χ2n) is 7.39. The van der Waals surface area contributed by atoms with Crippen LogP contribution < -0.4 is 0 Å². The summed E-state index contributed by atoms with van der Waals surface area (Å²) in [5.41, 5.74) is 2.17. The molecule has 4 rings (SSSR count). The van der Waals surface area contributed by atoms with Crippen LogP contribution in [0, 0.1) is 6.92 Å². The summed E-state index contributed by atoms with van der Waals surface area (Å²) in [6.07, 6.45) is 3.73. The minimum Gasteiger partial charge on any atom is -0.295 e. The minimum atomic E-state index is -4.44. The fourth-order valence-electron chi connectivity index (χ4n) is 3.73. The zero-order valence-electron chi connectivity index (χ0n) is 16.2. The van der Waals surface area contributed by atoms with Crippen molar-refractivity contribution in [2.24, 2.45) is 0 Å². The molecular formula is C22H19F3N4O. The van der Waals surface area contributed by atoms with Crippen LogP contribution in [-0.4, -0.2) is 25.5 Å². The molecule has 0 bridgehead atoms. The van der Waals surface area contributed by atoms with E-state index in [1.54, 1.807) is 19.2 Å². The van der Waals surface area contributed by atoms with Crippen LogP contribution >= 0.6 is 0 Å². The van der Waals surface area contributed by atoms with Gasteiger partial charge in [-0.05, 0) is 67.2 Å². The maximum Gasteiger partial charge on any atom is 0.416 e. The molecule has 1 atom stereocenters. The lowest BCUT2D eigenvalue weighted by Gasteiger charge is -2.09. The molecule has 154 valence electrons. The summed E-state index contributed by atoms with van der Waals surface area (Å²) in [5, 5.41) is 4.17.